The Hall–Kier alpha value is -5.91. The molecule has 6 aromatic rings. The Balaban J connectivity index is 0.00000512. The fourth-order valence-electron chi connectivity index (χ4n) is 7.52. The average Bonchev–Trinajstić information content (AvgIpc) is 3.99. The van der Waals surface area contributed by atoms with Crippen LogP contribution in [0, 0.1) is 0 Å². The van der Waals surface area contributed by atoms with E-state index in [1.54, 1.807) is 48.5 Å². The molecule has 1 atom stereocenters. The number of anilines is 2. The fraction of sp³-hybridized carbons (Fsp3) is 0.282. The number of benzene rings is 3. The summed E-state index contributed by atoms with van der Waals surface area (Å²) >= 11 is 6.42. The monoisotopic (exact) mass is 842 g/mol. The van der Waals surface area contributed by atoms with Gasteiger partial charge in [-0.25, -0.2) is 9.59 Å². The number of hydrogen-bond acceptors (Lipinski definition) is 8. The molecular formula is C39H35Cl2F3N6O8. The third-order valence-electron chi connectivity index (χ3n) is 10.4. The summed E-state index contributed by atoms with van der Waals surface area (Å²) in [6.07, 6.45) is -5.83. The maximum Gasteiger partial charge on any atom is 0.432 e. The smallest absolute Gasteiger partial charge is 0.432 e. The molecule has 3 amide bonds. The van der Waals surface area contributed by atoms with Crippen molar-refractivity contribution in [3.05, 3.63) is 82.9 Å². The number of esters is 1. The van der Waals surface area contributed by atoms with Crippen LogP contribution in [0.1, 0.15) is 48.6 Å². The van der Waals surface area contributed by atoms with Gasteiger partial charge in [0.25, 0.3) is 11.8 Å². The van der Waals surface area contributed by atoms with Crippen molar-refractivity contribution in [1.29, 1.82) is 0 Å². The molecule has 304 valence electrons. The highest BCUT2D eigenvalue weighted by atomic mass is 35.5. The van der Waals surface area contributed by atoms with Gasteiger partial charge in [0, 0.05) is 51.8 Å². The number of methoxy groups -OCH3 is 2. The number of carbonyl (C=O) groups is 4. The number of alkyl halides is 4. The van der Waals surface area contributed by atoms with E-state index < -0.39 is 47.2 Å². The van der Waals surface area contributed by atoms with E-state index in [9.17, 15) is 32.3 Å². The van der Waals surface area contributed by atoms with Gasteiger partial charge >= 0.3 is 18.2 Å². The number of halogens is 5. The maximum absolute atomic E-state index is 14.5. The SMILES string of the molecule is COC(=O)c1c(C(F)(F)F)[nH]c2c(OC(=O)N3CC[NH+](C)CC3)cc3c(c12)[C@H](CCl)CN3C(=O)c1cc2cc(NC(=O)c3cc4cccc(OC)c4o3)ccc2[nH]1.[Cl-]. The number of piperazine rings is 1. The number of hydrogen-bond donors (Lipinski definition) is 4. The number of carbonyl (C=O) groups excluding carboxylic acids is 4. The average molecular weight is 844 g/mol. The van der Waals surface area contributed by atoms with Crippen molar-refractivity contribution in [3.8, 4) is 11.5 Å². The van der Waals surface area contributed by atoms with Crippen molar-refractivity contribution in [2.24, 2.45) is 0 Å². The molecule has 1 fully saturated rings. The lowest BCUT2D eigenvalue weighted by Gasteiger charge is -2.29. The van der Waals surface area contributed by atoms with E-state index in [2.05, 4.69) is 15.3 Å². The number of amides is 3. The van der Waals surface area contributed by atoms with E-state index in [4.69, 9.17) is 30.2 Å². The van der Waals surface area contributed by atoms with E-state index in [1.165, 1.54) is 27.9 Å². The van der Waals surface area contributed by atoms with Crippen molar-refractivity contribution >= 4 is 79.6 Å². The predicted octanol–water partition coefficient (Wildman–Crippen LogP) is 2.78. The molecule has 5 heterocycles. The van der Waals surface area contributed by atoms with Crippen molar-refractivity contribution in [2.45, 2.75) is 12.1 Å². The standard InChI is InChI=1S/C39H34ClF3N6O8.ClH/c1-47-9-11-48(12-10-47)38(53)57-27-16-25-29(30-31(37(52)55-3)34(39(41,42)43)46-32(27)30)21(17-40)18-49(25)36(51)24-14-20-13-22(7-8-23(20)45-24)44-35(50)28-15-19-5-4-6-26(54-2)33(19)56-28;/h4-8,13-16,21,45-46H,9-12,17-18H2,1-3H3,(H,44,50);1H/t21-;/m1./s1. The van der Waals surface area contributed by atoms with E-state index in [1.807, 2.05) is 7.05 Å². The van der Waals surface area contributed by atoms with Gasteiger partial charge in [-0.3, -0.25) is 14.5 Å². The Bertz CT molecular complexity index is 2610. The lowest BCUT2D eigenvalue weighted by Crippen LogP contribution is -3.12. The molecule has 8 rings (SSSR count). The summed E-state index contributed by atoms with van der Waals surface area (Å²) in [6, 6.07) is 14.7. The number of quaternary nitrogens is 1. The number of rotatable bonds is 7. The molecular weight excluding hydrogens is 808 g/mol. The molecule has 3 aromatic carbocycles. The summed E-state index contributed by atoms with van der Waals surface area (Å²) < 4.78 is 65.3. The number of nitrogens with one attached hydrogen (secondary N) is 4. The van der Waals surface area contributed by atoms with Crippen molar-refractivity contribution in [3.63, 3.8) is 0 Å². The molecule has 58 heavy (non-hydrogen) atoms. The van der Waals surface area contributed by atoms with Gasteiger partial charge in [-0.2, -0.15) is 13.2 Å². The van der Waals surface area contributed by atoms with Crippen LogP contribution < -0.4 is 37.0 Å². The normalized spacial score (nSPS) is 15.7. The third-order valence-corrected chi connectivity index (χ3v) is 10.8. The second-order valence-corrected chi connectivity index (χ2v) is 14.2. The Kier molecular flexibility index (Phi) is 10.7. The van der Waals surface area contributed by atoms with Crippen molar-refractivity contribution in [2.75, 3.05) is 70.1 Å². The van der Waals surface area contributed by atoms with Gasteiger partial charge in [0.1, 0.15) is 11.4 Å². The largest absolute Gasteiger partial charge is 1.00 e. The van der Waals surface area contributed by atoms with Crippen LogP contribution in [0.5, 0.6) is 11.5 Å². The number of fused-ring (bicyclic) bond motifs is 5. The van der Waals surface area contributed by atoms with Gasteiger partial charge < -0.3 is 56.1 Å². The molecule has 1 saturated heterocycles. The number of furan rings is 1. The highest BCUT2D eigenvalue weighted by Crippen LogP contribution is 2.50. The lowest BCUT2D eigenvalue weighted by atomic mass is 9.95. The minimum absolute atomic E-state index is 0. The van der Waals surface area contributed by atoms with Gasteiger partial charge in [0.15, 0.2) is 22.8 Å². The van der Waals surface area contributed by atoms with Gasteiger partial charge in [0.2, 0.25) is 0 Å². The maximum atomic E-state index is 14.5. The molecule has 2 aliphatic heterocycles. The van der Waals surface area contributed by atoms with E-state index in [0.29, 0.717) is 59.5 Å². The summed E-state index contributed by atoms with van der Waals surface area (Å²) in [5.41, 5.74) is -0.690. The van der Waals surface area contributed by atoms with Crippen LogP contribution in [0.25, 0.3) is 32.8 Å². The first-order valence-corrected chi connectivity index (χ1v) is 18.4. The zero-order valence-corrected chi connectivity index (χ0v) is 32.6. The number of ether oxygens (including phenoxy) is 3. The third kappa shape index (κ3) is 7.02. The molecule has 19 heteroatoms. The van der Waals surface area contributed by atoms with Crippen LogP contribution in [0.4, 0.5) is 29.3 Å². The second kappa shape index (κ2) is 15.4. The van der Waals surface area contributed by atoms with Crippen LogP contribution in [0.2, 0.25) is 0 Å². The van der Waals surface area contributed by atoms with E-state index in [0.717, 1.165) is 7.11 Å². The summed E-state index contributed by atoms with van der Waals surface area (Å²) in [6.45, 7) is 1.90. The van der Waals surface area contributed by atoms with Crippen molar-refractivity contribution < 1.29 is 68.3 Å². The van der Waals surface area contributed by atoms with Gasteiger partial charge in [0.05, 0.1) is 64.2 Å². The molecule has 0 spiro atoms. The van der Waals surface area contributed by atoms with Crippen LogP contribution in [0.3, 0.4) is 0 Å². The Labute approximate surface area is 338 Å². The first kappa shape index (κ1) is 40.3. The molecule has 0 saturated carbocycles. The number of aromatic amines is 2. The van der Waals surface area contributed by atoms with Crippen LogP contribution in [0.15, 0.2) is 59.0 Å². The molecule has 0 radical (unpaired) electrons. The molecule has 0 aliphatic carbocycles. The summed E-state index contributed by atoms with van der Waals surface area (Å²) in [5.74, 6) is -3.00. The highest BCUT2D eigenvalue weighted by molar-refractivity contribution is 6.20. The van der Waals surface area contributed by atoms with E-state index >= 15 is 0 Å². The Morgan fingerprint density at radius 2 is 1.76 bits per heavy atom. The Morgan fingerprint density at radius 3 is 2.45 bits per heavy atom. The van der Waals surface area contributed by atoms with Gasteiger partial charge in [-0.15, -0.1) is 11.6 Å². The summed E-state index contributed by atoms with van der Waals surface area (Å²) in [7, 11) is 4.43. The van der Waals surface area contributed by atoms with Crippen LogP contribution >= 0.6 is 11.6 Å². The zero-order valence-electron chi connectivity index (χ0n) is 31.1. The molecule has 0 unspecified atom stereocenters. The highest BCUT2D eigenvalue weighted by Gasteiger charge is 2.44. The Morgan fingerprint density at radius 1 is 1.00 bits per heavy atom. The summed E-state index contributed by atoms with van der Waals surface area (Å²) in [5, 5.41) is 3.83. The topological polar surface area (TPSA) is 164 Å². The van der Waals surface area contributed by atoms with Gasteiger partial charge in [-0.05, 0) is 42.0 Å². The first-order valence-electron chi connectivity index (χ1n) is 17.8. The zero-order chi connectivity index (χ0) is 40.3. The van der Waals surface area contributed by atoms with Crippen LogP contribution in [-0.2, 0) is 10.9 Å². The fourth-order valence-corrected chi connectivity index (χ4v) is 7.77. The van der Waals surface area contributed by atoms with Gasteiger partial charge in [-0.1, -0.05) is 12.1 Å². The van der Waals surface area contributed by atoms with Crippen LogP contribution in [-0.4, -0.2) is 98.6 Å². The van der Waals surface area contributed by atoms with E-state index in [-0.39, 0.29) is 64.2 Å². The number of H-pyrrole nitrogens is 2. The number of likely N-dealkylation sites (N-methyl/N-ethyl adjacent to an activating group) is 1. The molecule has 2 aliphatic rings. The second-order valence-electron chi connectivity index (χ2n) is 13.9. The molecule has 0 bridgehead atoms. The number of aromatic nitrogens is 2. The predicted molar refractivity (Wildman–Crippen MR) is 203 cm³/mol. The molecule has 4 N–H and O–H groups in total. The number of nitrogens with zero attached hydrogens (tertiary/aromatic N) is 2. The number of para-hydroxylation sites is 1. The summed E-state index contributed by atoms with van der Waals surface area (Å²) in [4.78, 5) is 63.4. The lowest BCUT2D eigenvalue weighted by molar-refractivity contribution is -0.883. The quantitative estimate of drug-likeness (QED) is 0.141. The molecule has 14 nitrogen and oxygen atoms in total. The van der Waals surface area contributed by atoms with Crippen molar-refractivity contribution in [1.82, 2.24) is 14.9 Å². The first-order chi connectivity index (χ1) is 27.3. The molecule has 3 aromatic heterocycles. The minimum atomic E-state index is -5.04. The minimum Gasteiger partial charge on any atom is -1.00 e.